The highest BCUT2D eigenvalue weighted by Crippen LogP contribution is 2.20. The summed E-state index contributed by atoms with van der Waals surface area (Å²) in [5.41, 5.74) is 0.353. The van der Waals surface area contributed by atoms with Crippen LogP contribution < -0.4 is 5.32 Å². The molecule has 1 aromatic carbocycles. The number of carbonyl (C=O) groups is 1. The van der Waals surface area contributed by atoms with Crippen molar-refractivity contribution in [2.75, 3.05) is 0 Å². The smallest absolute Gasteiger partial charge is 0.255 e. The highest BCUT2D eigenvalue weighted by Gasteiger charge is 2.15. The summed E-state index contributed by atoms with van der Waals surface area (Å²) in [5.74, 6) is -0.157. The van der Waals surface area contributed by atoms with E-state index in [4.69, 9.17) is 0 Å². The second-order valence-electron chi connectivity index (χ2n) is 4.03. The number of carbonyl (C=O) groups excluding carboxylic acids is 1. The molecule has 0 radical (unpaired) electrons. The molecule has 0 aliphatic heterocycles. The van der Waals surface area contributed by atoms with Crippen molar-refractivity contribution in [3.05, 3.63) is 27.3 Å². The van der Waals surface area contributed by atoms with Crippen LogP contribution in [0.3, 0.4) is 0 Å². The lowest BCUT2D eigenvalue weighted by Gasteiger charge is -2.16. The first-order valence-electron chi connectivity index (χ1n) is 5.87. The van der Waals surface area contributed by atoms with Crippen molar-refractivity contribution in [3.8, 4) is 5.75 Å². The molecule has 4 heteroatoms. The molecule has 17 heavy (non-hydrogen) atoms. The quantitative estimate of drug-likeness (QED) is 0.803. The fourth-order valence-electron chi connectivity index (χ4n) is 1.68. The number of aromatic hydroxyl groups is 1. The standard InChI is InChI=1S/C13H18INO2/c1-3-5-10(4-2)15-13(17)11-8-9(14)6-7-12(11)16/h6-8,10,16H,3-5H2,1-2H3,(H,15,17). The van der Waals surface area contributed by atoms with Gasteiger partial charge in [-0.2, -0.15) is 0 Å². The number of amides is 1. The van der Waals surface area contributed by atoms with Gasteiger partial charge >= 0.3 is 0 Å². The van der Waals surface area contributed by atoms with Gasteiger partial charge in [0.05, 0.1) is 5.56 Å². The lowest BCUT2D eigenvalue weighted by Crippen LogP contribution is -2.34. The maximum Gasteiger partial charge on any atom is 0.255 e. The molecule has 1 aromatic rings. The van der Waals surface area contributed by atoms with E-state index in [0.717, 1.165) is 22.8 Å². The first-order valence-corrected chi connectivity index (χ1v) is 6.95. The second kappa shape index (κ2) is 6.83. The molecule has 0 spiro atoms. The topological polar surface area (TPSA) is 49.3 Å². The molecule has 3 nitrogen and oxygen atoms in total. The minimum absolute atomic E-state index is 0.0364. The molecule has 0 aliphatic rings. The van der Waals surface area contributed by atoms with Crippen molar-refractivity contribution in [2.24, 2.45) is 0 Å². The van der Waals surface area contributed by atoms with Crippen LogP contribution in [-0.4, -0.2) is 17.1 Å². The first-order chi connectivity index (χ1) is 8.08. The summed E-state index contributed by atoms with van der Waals surface area (Å²) in [7, 11) is 0. The number of hydrogen-bond donors (Lipinski definition) is 2. The minimum atomic E-state index is -0.193. The van der Waals surface area contributed by atoms with Crippen molar-refractivity contribution in [1.29, 1.82) is 0 Å². The van der Waals surface area contributed by atoms with E-state index >= 15 is 0 Å². The molecule has 0 saturated heterocycles. The zero-order chi connectivity index (χ0) is 12.8. The van der Waals surface area contributed by atoms with Gasteiger partial charge in [-0.05, 0) is 53.6 Å². The van der Waals surface area contributed by atoms with E-state index in [-0.39, 0.29) is 17.7 Å². The lowest BCUT2D eigenvalue weighted by molar-refractivity contribution is 0.0931. The summed E-state index contributed by atoms with van der Waals surface area (Å²) in [6, 6.07) is 5.21. The van der Waals surface area contributed by atoms with Gasteiger partial charge in [0, 0.05) is 9.61 Å². The van der Waals surface area contributed by atoms with Crippen molar-refractivity contribution >= 4 is 28.5 Å². The number of phenolic OH excluding ortho intramolecular Hbond substituents is 1. The minimum Gasteiger partial charge on any atom is -0.507 e. The van der Waals surface area contributed by atoms with Crippen LogP contribution in [0.5, 0.6) is 5.75 Å². The van der Waals surface area contributed by atoms with Gasteiger partial charge in [-0.3, -0.25) is 4.79 Å². The second-order valence-corrected chi connectivity index (χ2v) is 5.27. The Morgan fingerprint density at radius 1 is 1.47 bits per heavy atom. The van der Waals surface area contributed by atoms with E-state index in [2.05, 4.69) is 41.8 Å². The third-order valence-electron chi connectivity index (χ3n) is 2.67. The van der Waals surface area contributed by atoms with Gasteiger partial charge in [-0.15, -0.1) is 0 Å². The zero-order valence-corrected chi connectivity index (χ0v) is 12.3. The summed E-state index contributed by atoms with van der Waals surface area (Å²) in [6.45, 7) is 4.15. The Morgan fingerprint density at radius 2 is 2.18 bits per heavy atom. The number of nitrogens with one attached hydrogen (secondary N) is 1. The van der Waals surface area contributed by atoms with Crippen LogP contribution in [-0.2, 0) is 0 Å². The van der Waals surface area contributed by atoms with Crippen LogP contribution in [0.1, 0.15) is 43.5 Å². The van der Waals surface area contributed by atoms with Crippen molar-refractivity contribution in [2.45, 2.75) is 39.2 Å². The van der Waals surface area contributed by atoms with Crippen LogP contribution in [0.2, 0.25) is 0 Å². The third-order valence-corrected chi connectivity index (χ3v) is 3.34. The summed E-state index contributed by atoms with van der Waals surface area (Å²) in [6.07, 6.45) is 2.91. The summed E-state index contributed by atoms with van der Waals surface area (Å²) in [5, 5.41) is 12.6. The van der Waals surface area contributed by atoms with Crippen molar-refractivity contribution < 1.29 is 9.90 Å². The summed E-state index contributed by atoms with van der Waals surface area (Å²) < 4.78 is 0.939. The molecule has 0 bridgehead atoms. The number of hydrogen-bond acceptors (Lipinski definition) is 2. The normalized spacial score (nSPS) is 12.2. The van der Waals surface area contributed by atoms with Crippen molar-refractivity contribution in [1.82, 2.24) is 5.32 Å². The van der Waals surface area contributed by atoms with E-state index in [0.29, 0.717) is 5.56 Å². The molecule has 2 N–H and O–H groups in total. The Bertz CT molecular complexity index is 393. The van der Waals surface area contributed by atoms with E-state index in [1.807, 2.05) is 0 Å². The monoisotopic (exact) mass is 347 g/mol. The fraction of sp³-hybridized carbons (Fsp3) is 0.462. The Balaban J connectivity index is 2.78. The predicted molar refractivity (Wildman–Crippen MR) is 77.3 cm³/mol. The van der Waals surface area contributed by atoms with Crippen LogP contribution in [0, 0.1) is 3.57 Å². The predicted octanol–water partition coefficient (Wildman–Crippen LogP) is 3.31. The number of rotatable bonds is 5. The molecule has 0 fully saturated rings. The molecule has 0 heterocycles. The molecule has 1 atom stereocenters. The van der Waals surface area contributed by atoms with Crippen LogP contribution in [0.15, 0.2) is 18.2 Å². The molecule has 0 aliphatic carbocycles. The lowest BCUT2D eigenvalue weighted by atomic mass is 10.1. The van der Waals surface area contributed by atoms with Gasteiger partial charge in [0.2, 0.25) is 0 Å². The van der Waals surface area contributed by atoms with Crippen LogP contribution in [0.25, 0.3) is 0 Å². The molecule has 94 valence electrons. The summed E-state index contributed by atoms with van der Waals surface area (Å²) >= 11 is 2.12. The Labute approximate surface area is 116 Å². The Kier molecular flexibility index (Phi) is 5.74. The number of benzene rings is 1. The van der Waals surface area contributed by atoms with E-state index in [1.54, 1.807) is 18.2 Å². The highest BCUT2D eigenvalue weighted by molar-refractivity contribution is 14.1. The molecular weight excluding hydrogens is 329 g/mol. The van der Waals surface area contributed by atoms with Gasteiger partial charge in [-0.25, -0.2) is 0 Å². The van der Waals surface area contributed by atoms with Gasteiger partial charge in [-0.1, -0.05) is 20.3 Å². The SMILES string of the molecule is CCCC(CC)NC(=O)c1cc(I)ccc1O. The van der Waals surface area contributed by atoms with E-state index in [1.165, 1.54) is 0 Å². The molecule has 0 aromatic heterocycles. The molecule has 1 amide bonds. The fourth-order valence-corrected chi connectivity index (χ4v) is 2.17. The van der Waals surface area contributed by atoms with Gasteiger partial charge in [0.15, 0.2) is 0 Å². The van der Waals surface area contributed by atoms with Gasteiger partial charge < -0.3 is 10.4 Å². The van der Waals surface area contributed by atoms with Crippen molar-refractivity contribution in [3.63, 3.8) is 0 Å². The van der Waals surface area contributed by atoms with E-state index < -0.39 is 0 Å². The molecule has 1 unspecified atom stereocenters. The first kappa shape index (κ1) is 14.3. The Hall–Kier alpha value is -0.780. The summed E-state index contributed by atoms with van der Waals surface area (Å²) in [4.78, 5) is 12.0. The zero-order valence-electron chi connectivity index (χ0n) is 10.2. The molecular formula is C13H18INO2. The third kappa shape index (κ3) is 4.18. The van der Waals surface area contributed by atoms with Gasteiger partial charge in [0.1, 0.15) is 5.75 Å². The van der Waals surface area contributed by atoms with Crippen LogP contribution in [0.4, 0.5) is 0 Å². The average Bonchev–Trinajstić information content (AvgIpc) is 2.31. The average molecular weight is 347 g/mol. The van der Waals surface area contributed by atoms with E-state index in [9.17, 15) is 9.90 Å². The number of halogens is 1. The maximum atomic E-state index is 12.0. The maximum absolute atomic E-state index is 12.0. The largest absolute Gasteiger partial charge is 0.507 e. The molecule has 1 rings (SSSR count). The van der Waals surface area contributed by atoms with Gasteiger partial charge in [0.25, 0.3) is 5.91 Å². The molecule has 0 saturated carbocycles. The number of phenols is 1. The highest BCUT2D eigenvalue weighted by atomic mass is 127. The van der Waals surface area contributed by atoms with Crippen LogP contribution >= 0.6 is 22.6 Å². The Morgan fingerprint density at radius 3 is 2.76 bits per heavy atom.